The standard InChI is InChI=1S/C19H18N2O3/c1-2-24-19(22)16-9-11-21(23)18(12-16)17-8-10-20(14-17)13-15-6-4-3-5-7-15/h3-12,14H,2,13H2,1H3. The minimum atomic E-state index is -0.428. The van der Waals surface area contributed by atoms with Gasteiger partial charge in [0, 0.05) is 31.1 Å². The first-order valence-corrected chi connectivity index (χ1v) is 7.78. The van der Waals surface area contributed by atoms with Crippen LogP contribution in [0.25, 0.3) is 11.3 Å². The van der Waals surface area contributed by atoms with E-state index < -0.39 is 5.97 Å². The lowest BCUT2D eigenvalue weighted by Gasteiger charge is -2.06. The SMILES string of the molecule is CCOC(=O)c1cc[n+]([O-])c(-c2ccn(Cc3ccccc3)c2)c1. The van der Waals surface area contributed by atoms with Crippen molar-refractivity contribution in [1.82, 2.24) is 4.57 Å². The number of carbonyl (C=O) groups excluding carboxylic acids is 1. The molecule has 5 heteroatoms. The summed E-state index contributed by atoms with van der Waals surface area (Å²) in [5, 5.41) is 12.1. The van der Waals surface area contributed by atoms with Crippen molar-refractivity contribution >= 4 is 5.97 Å². The highest BCUT2D eigenvalue weighted by Gasteiger charge is 2.16. The third kappa shape index (κ3) is 3.46. The molecule has 2 aromatic heterocycles. The quantitative estimate of drug-likeness (QED) is 0.412. The summed E-state index contributed by atoms with van der Waals surface area (Å²) < 4.78 is 7.74. The Labute approximate surface area is 140 Å². The third-order valence-electron chi connectivity index (χ3n) is 3.68. The molecule has 0 unspecified atom stereocenters. The molecule has 3 rings (SSSR count). The van der Waals surface area contributed by atoms with Gasteiger partial charge in [-0.3, -0.25) is 0 Å². The summed E-state index contributed by atoms with van der Waals surface area (Å²) >= 11 is 0. The average molecular weight is 322 g/mol. The predicted molar refractivity (Wildman–Crippen MR) is 90.3 cm³/mol. The van der Waals surface area contributed by atoms with Gasteiger partial charge in [0.05, 0.1) is 17.7 Å². The van der Waals surface area contributed by atoms with E-state index in [0.717, 1.165) is 16.8 Å². The fourth-order valence-corrected chi connectivity index (χ4v) is 2.52. The molecule has 0 N–H and O–H groups in total. The Morgan fingerprint density at radius 3 is 2.75 bits per heavy atom. The van der Waals surface area contributed by atoms with Crippen molar-refractivity contribution in [3.63, 3.8) is 0 Å². The molecule has 0 aliphatic rings. The number of ether oxygens (including phenoxy) is 1. The highest BCUT2D eigenvalue weighted by atomic mass is 16.5. The molecule has 1 aromatic carbocycles. The number of rotatable bonds is 5. The number of pyridine rings is 1. The van der Waals surface area contributed by atoms with E-state index in [9.17, 15) is 10.0 Å². The lowest BCUT2D eigenvalue weighted by atomic mass is 10.1. The van der Waals surface area contributed by atoms with Gasteiger partial charge in [-0.2, -0.15) is 4.73 Å². The lowest BCUT2D eigenvalue weighted by Crippen LogP contribution is -2.29. The van der Waals surface area contributed by atoms with E-state index in [2.05, 4.69) is 12.1 Å². The Hall–Kier alpha value is -3.08. The molecule has 0 spiro atoms. The molecule has 122 valence electrons. The molecule has 5 nitrogen and oxygen atoms in total. The molecule has 0 amide bonds. The van der Waals surface area contributed by atoms with E-state index in [4.69, 9.17) is 4.74 Å². The normalized spacial score (nSPS) is 10.5. The number of esters is 1. The second kappa shape index (κ2) is 7.00. The molecular formula is C19H18N2O3. The van der Waals surface area contributed by atoms with Gasteiger partial charge in [-0.15, -0.1) is 0 Å². The molecule has 0 aliphatic carbocycles. The van der Waals surface area contributed by atoms with E-state index >= 15 is 0 Å². The van der Waals surface area contributed by atoms with Crippen molar-refractivity contribution in [3.8, 4) is 11.3 Å². The van der Waals surface area contributed by atoms with Crippen molar-refractivity contribution in [2.24, 2.45) is 0 Å². The zero-order chi connectivity index (χ0) is 16.9. The van der Waals surface area contributed by atoms with Crippen LogP contribution >= 0.6 is 0 Å². The first-order valence-electron chi connectivity index (χ1n) is 7.78. The number of benzene rings is 1. The summed E-state index contributed by atoms with van der Waals surface area (Å²) in [5.41, 5.74) is 2.73. The minimum Gasteiger partial charge on any atom is -0.618 e. The van der Waals surface area contributed by atoms with Gasteiger partial charge in [0.2, 0.25) is 5.69 Å². The lowest BCUT2D eigenvalue weighted by molar-refractivity contribution is -0.593. The molecule has 0 atom stereocenters. The largest absolute Gasteiger partial charge is 0.618 e. The van der Waals surface area contributed by atoms with E-state index in [-0.39, 0.29) is 0 Å². The smallest absolute Gasteiger partial charge is 0.338 e. The number of aromatic nitrogens is 2. The topological polar surface area (TPSA) is 58.2 Å². The first kappa shape index (κ1) is 15.8. The van der Waals surface area contributed by atoms with Gasteiger partial charge < -0.3 is 14.5 Å². The number of carbonyl (C=O) groups is 1. The molecule has 0 aliphatic heterocycles. The van der Waals surface area contributed by atoms with Crippen molar-refractivity contribution < 1.29 is 14.3 Å². The van der Waals surface area contributed by atoms with Crippen LogP contribution in [0, 0.1) is 5.21 Å². The Morgan fingerprint density at radius 1 is 1.21 bits per heavy atom. The summed E-state index contributed by atoms with van der Waals surface area (Å²) in [6, 6.07) is 15.0. The molecule has 2 heterocycles. The van der Waals surface area contributed by atoms with Crippen LogP contribution in [0.1, 0.15) is 22.8 Å². The summed E-state index contributed by atoms with van der Waals surface area (Å²) in [6.45, 7) is 2.77. The van der Waals surface area contributed by atoms with Crippen LogP contribution in [-0.2, 0) is 11.3 Å². The molecule has 0 saturated heterocycles. The zero-order valence-electron chi connectivity index (χ0n) is 13.4. The van der Waals surface area contributed by atoms with Crippen molar-refractivity contribution in [3.05, 3.63) is 83.5 Å². The minimum absolute atomic E-state index is 0.299. The summed E-state index contributed by atoms with van der Waals surface area (Å²) in [7, 11) is 0. The van der Waals surface area contributed by atoms with Crippen LogP contribution in [0.5, 0.6) is 0 Å². The van der Waals surface area contributed by atoms with Gasteiger partial charge in [0.1, 0.15) is 0 Å². The second-order valence-electron chi connectivity index (χ2n) is 5.41. The van der Waals surface area contributed by atoms with Crippen LogP contribution in [-0.4, -0.2) is 17.1 Å². The van der Waals surface area contributed by atoms with Gasteiger partial charge in [-0.05, 0) is 18.6 Å². The van der Waals surface area contributed by atoms with E-state index in [0.29, 0.717) is 17.9 Å². The Kier molecular flexibility index (Phi) is 4.61. The Morgan fingerprint density at radius 2 is 2.00 bits per heavy atom. The monoisotopic (exact) mass is 322 g/mol. The second-order valence-corrected chi connectivity index (χ2v) is 5.41. The Balaban J connectivity index is 1.86. The molecule has 24 heavy (non-hydrogen) atoms. The van der Waals surface area contributed by atoms with Crippen LogP contribution in [0.4, 0.5) is 0 Å². The summed E-state index contributed by atoms with van der Waals surface area (Å²) in [6.07, 6.45) is 5.14. The number of nitrogens with zero attached hydrogens (tertiary/aromatic N) is 2. The van der Waals surface area contributed by atoms with E-state index in [1.54, 1.807) is 13.0 Å². The van der Waals surface area contributed by atoms with Gasteiger partial charge >= 0.3 is 5.97 Å². The van der Waals surface area contributed by atoms with Crippen LogP contribution in [0.15, 0.2) is 67.1 Å². The number of hydrogen-bond donors (Lipinski definition) is 0. The molecule has 3 aromatic rings. The average Bonchev–Trinajstić information content (AvgIpc) is 3.04. The maximum atomic E-state index is 12.1. The van der Waals surface area contributed by atoms with E-state index in [1.807, 2.05) is 41.2 Å². The predicted octanol–water partition coefficient (Wildman–Crippen LogP) is 3.01. The Bertz CT molecular complexity index is 841. The fourth-order valence-electron chi connectivity index (χ4n) is 2.52. The van der Waals surface area contributed by atoms with Crippen molar-refractivity contribution in [2.75, 3.05) is 6.61 Å². The summed E-state index contributed by atoms with van der Waals surface area (Å²) in [4.78, 5) is 11.8. The van der Waals surface area contributed by atoms with Gasteiger partial charge in [0.25, 0.3) is 0 Å². The molecule has 0 radical (unpaired) electrons. The van der Waals surface area contributed by atoms with Crippen LogP contribution < -0.4 is 4.73 Å². The molecular weight excluding hydrogens is 304 g/mol. The van der Waals surface area contributed by atoms with Crippen molar-refractivity contribution in [2.45, 2.75) is 13.5 Å². The molecule has 0 bridgehead atoms. The van der Waals surface area contributed by atoms with E-state index in [1.165, 1.54) is 17.8 Å². The van der Waals surface area contributed by atoms with Crippen LogP contribution in [0.3, 0.4) is 0 Å². The summed E-state index contributed by atoms with van der Waals surface area (Å²) in [5.74, 6) is -0.428. The maximum absolute atomic E-state index is 12.1. The zero-order valence-corrected chi connectivity index (χ0v) is 13.4. The van der Waals surface area contributed by atoms with Crippen LogP contribution in [0.2, 0.25) is 0 Å². The third-order valence-corrected chi connectivity index (χ3v) is 3.68. The molecule has 0 saturated carbocycles. The van der Waals surface area contributed by atoms with Gasteiger partial charge in [-0.1, -0.05) is 30.3 Å². The van der Waals surface area contributed by atoms with Gasteiger partial charge in [-0.25, -0.2) is 4.79 Å². The highest BCUT2D eigenvalue weighted by molar-refractivity contribution is 5.90. The molecule has 0 fully saturated rings. The maximum Gasteiger partial charge on any atom is 0.338 e. The first-order chi connectivity index (χ1) is 11.7. The highest BCUT2D eigenvalue weighted by Crippen LogP contribution is 2.18. The van der Waals surface area contributed by atoms with Crippen molar-refractivity contribution in [1.29, 1.82) is 0 Å². The van der Waals surface area contributed by atoms with Gasteiger partial charge in [0.15, 0.2) is 6.20 Å². The number of hydrogen-bond acceptors (Lipinski definition) is 3. The fraction of sp³-hybridized carbons (Fsp3) is 0.158.